The lowest BCUT2D eigenvalue weighted by molar-refractivity contribution is -0.156. The molecule has 3 radical (unpaired) electrons. The molecule has 6 rings (SSSR count). The van der Waals surface area contributed by atoms with Crippen molar-refractivity contribution in [3.05, 3.63) is 58.2 Å². The van der Waals surface area contributed by atoms with E-state index in [1.807, 2.05) is 18.4 Å². The molecule has 0 saturated carbocycles. The fourth-order valence-electron chi connectivity index (χ4n) is 7.70. The van der Waals surface area contributed by atoms with Crippen molar-refractivity contribution in [2.24, 2.45) is 5.41 Å². The summed E-state index contributed by atoms with van der Waals surface area (Å²) in [6.07, 6.45) is 2.58. The van der Waals surface area contributed by atoms with Crippen LogP contribution < -0.4 is 16.1 Å². The second-order valence-electron chi connectivity index (χ2n) is 15.8. The van der Waals surface area contributed by atoms with Gasteiger partial charge in [-0.15, -0.1) is 11.3 Å². The van der Waals surface area contributed by atoms with Crippen LogP contribution in [0.1, 0.15) is 83.2 Å². The molecule has 1 fully saturated rings. The number of aryl methyl sites for hydroxylation is 1. The van der Waals surface area contributed by atoms with Crippen LogP contribution in [0, 0.1) is 5.41 Å². The van der Waals surface area contributed by atoms with Crippen LogP contribution in [-0.2, 0) is 52.8 Å². The van der Waals surface area contributed by atoms with Gasteiger partial charge in [0, 0.05) is 79.1 Å². The zero-order valence-corrected chi connectivity index (χ0v) is 36.2. The minimum atomic E-state index is -1.65. The number of fused-ring (bicyclic) bond motifs is 6. The Hall–Kier alpha value is -4.48. The number of benzene rings is 1. The maximum atomic E-state index is 14.5. The number of carbonyl (C=O) groups is 4. The monoisotopic (exact) mass is 828 g/mol. The molecule has 14 nitrogen and oxygen atoms in total. The van der Waals surface area contributed by atoms with Crippen LogP contribution in [0.4, 0.5) is 0 Å². The van der Waals surface area contributed by atoms with E-state index in [4.69, 9.17) is 24.2 Å². The standard InChI is InChI=1S/C42H54N7O7SSi/c1-8-34(55-19-17-43-26(4)50)38(51)46-42(58)22-35-45-32(23-57-35)27-14-15-33-29(20-27)30(37(48(33)9-2)28-12-10-16-44-36(28)25(3)54-7)21-41(5,6)24-56-39(52)31-13-11-18-49(47-31)40(42)53/h10,12,14-16,20,23,25,31,34,47H,8-9,11,13,17-19,21-22,24H2,1-7H3,(H,43,50)(H,46,51)/t25-,31-,34-,42?/m0/s1. The number of ether oxygens (including phenoxy) is 3. The number of carbonyl (C=O) groups excluding carboxylic acids is 4. The van der Waals surface area contributed by atoms with Crippen molar-refractivity contribution in [3.8, 4) is 22.5 Å². The van der Waals surface area contributed by atoms with Crippen LogP contribution in [-0.4, -0.2) is 104 Å². The minimum Gasteiger partial charge on any atom is -0.464 e. The lowest BCUT2D eigenvalue weighted by Crippen LogP contribution is -2.67. The van der Waals surface area contributed by atoms with E-state index in [0.29, 0.717) is 43.8 Å². The summed E-state index contributed by atoms with van der Waals surface area (Å²) in [4.78, 5) is 63.2. The molecule has 1 aromatic carbocycles. The van der Waals surface area contributed by atoms with Gasteiger partial charge in [0.1, 0.15) is 17.3 Å². The van der Waals surface area contributed by atoms with Gasteiger partial charge in [-0.05, 0) is 69.4 Å². The summed E-state index contributed by atoms with van der Waals surface area (Å²) in [5.74, 6) is -1.65. The molecule has 0 spiro atoms. The Kier molecular flexibility index (Phi) is 13.5. The highest BCUT2D eigenvalue weighted by molar-refractivity contribution is 7.10. The average Bonchev–Trinajstić information content (AvgIpc) is 3.80. The molecule has 16 heteroatoms. The molecule has 309 valence electrons. The van der Waals surface area contributed by atoms with Gasteiger partial charge in [-0.1, -0.05) is 26.8 Å². The highest BCUT2D eigenvalue weighted by Crippen LogP contribution is 2.42. The van der Waals surface area contributed by atoms with Gasteiger partial charge in [-0.2, -0.15) is 0 Å². The van der Waals surface area contributed by atoms with Crippen LogP contribution in [0.25, 0.3) is 33.4 Å². The minimum absolute atomic E-state index is 0.00819. The first-order chi connectivity index (χ1) is 27.7. The van der Waals surface area contributed by atoms with E-state index in [0.717, 1.165) is 44.7 Å². The van der Waals surface area contributed by atoms with Gasteiger partial charge in [-0.25, -0.2) is 10.4 Å². The number of esters is 1. The number of nitrogens with one attached hydrogen (secondary N) is 3. The van der Waals surface area contributed by atoms with E-state index in [1.165, 1.54) is 23.3 Å². The molecule has 2 aliphatic heterocycles. The number of aromatic nitrogens is 3. The first-order valence-electron chi connectivity index (χ1n) is 19.9. The summed E-state index contributed by atoms with van der Waals surface area (Å²) in [6.45, 7) is 13.0. The van der Waals surface area contributed by atoms with Crippen molar-refractivity contribution in [2.45, 2.75) is 104 Å². The van der Waals surface area contributed by atoms with Crippen molar-refractivity contribution in [3.63, 3.8) is 0 Å². The van der Waals surface area contributed by atoms with Gasteiger partial charge in [0.25, 0.3) is 5.91 Å². The number of methoxy groups -OCH3 is 1. The predicted molar refractivity (Wildman–Crippen MR) is 223 cm³/mol. The molecule has 4 aromatic rings. The van der Waals surface area contributed by atoms with E-state index in [9.17, 15) is 19.2 Å². The first-order valence-corrected chi connectivity index (χ1v) is 21.3. The summed E-state index contributed by atoms with van der Waals surface area (Å²) >= 11 is 1.39. The number of hydrogen-bond donors (Lipinski definition) is 3. The molecule has 4 atom stereocenters. The molecular formula is C42H54N7O7SSi. The second-order valence-corrected chi connectivity index (χ2v) is 17.6. The lowest BCUT2D eigenvalue weighted by Gasteiger charge is -2.39. The van der Waals surface area contributed by atoms with Crippen LogP contribution >= 0.6 is 11.3 Å². The molecule has 5 heterocycles. The van der Waals surface area contributed by atoms with Gasteiger partial charge in [0.2, 0.25) is 11.8 Å². The molecule has 2 aliphatic rings. The largest absolute Gasteiger partial charge is 0.464 e. The Labute approximate surface area is 347 Å². The van der Waals surface area contributed by atoms with Gasteiger partial charge < -0.3 is 29.4 Å². The molecule has 58 heavy (non-hydrogen) atoms. The molecule has 6 bridgehead atoms. The van der Waals surface area contributed by atoms with E-state index in [1.54, 1.807) is 20.2 Å². The number of thiazole rings is 1. The SMILES string of the molecule is CC[C@H](OCCNC(C)=O)C(=O)NC1([Si])Cc2nc(cs2)-c2ccc3c(c2)c(c(-c2cccnc2[C@H](C)OC)n3CC)CC(C)(C)COC(=O)[C@@H]2CCCN(N2)C1=O. The van der Waals surface area contributed by atoms with Crippen molar-refractivity contribution in [1.29, 1.82) is 0 Å². The number of pyridine rings is 1. The number of amides is 3. The van der Waals surface area contributed by atoms with Gasteiger partial charge >= 0.3 is 5.97 Å². The fraction of sp³-hybridized carbons (Fsp3) is 0.524. The summed E-state index contributed by atoms with van der Waals surface area (Å²) < 4.78 is 20.0. The van der Waals surface area contributed by atoms with Gasteiger partial charge in [0.15, 0.2) is 0 Å². The normalized spacial score (nSPS) is 20.9. The van der Waals surface area contributed by atoms with Crippen LogP contribution in [0.5, 0.6) is 0 Å². The smallest absolute Gasteiger partial charge is 0.324 e. The Morgan fingerprint density at radius 1 is 1.19 bits per heavy atom. The topological polar surface area (TPSA) is 166 Å². The average molecular weight is 829 g/mol. The molecular weight excluding hydrogens is 775 g/mol. The summed E-state index contributed by atoms with van der Waals surface area (Å²) in [7, 11) is 5.42. The molecule has 0 aliphatic carbocycles. The third-order valence-electron chi connectivity index (χ3n) is 10.7. The van der Waals surface area contributed by atoms with E-state index in [-0.39, 0.29) is 38.2 Å². The second kappa shape index (κ2) is 18.2. The number of cyclic esters (lactones) is 1. The lowest BCUT2D eigenvalue weighted by atomic mass is 9.84. The molecule has 3 N–H and O–H groups in total. The molecule has 1 saturated heterocycles. The van der Waals surface area contributed by atoms with Gasteiger partial charge in [0.05, 0.1) is 51.6 Å². The maximum absolute atomic E-state index is 14.5. The van der Waals surface area contributed by atoms with E-state index >= 15 is 0 Å². The van der Waals surface area contributed by atoms with Crippen LogP contribution in [0.3, 0.4) is 0 Å². The summed E-state index contributed by atoms with van der Waals surface area (Å²) in [5.41, 5.74) is 9.26. The third kappa shape index (κ3) is 9.36. The highest BCUT2D eigenvalue weighted by Gasteiger charge is 2.43. The first kappa shape index (κ1) is 43.1. The van der Waals surface area contributed by atoms with Crippen molar-refractivity contribution in [2.75, 3.05) is 33.4 Å². The van der Waals surface area contributed by atoms with Crippen molar-refractivity contribution >= 4 is 56.2 Å². The number of hydrazine groups is 1. The quantitative estimate of drug-likeness (QED) is 0.110. The Morgan fingerprint density at radius 2 is 1.98 bits per heavy atom. The Balaban J connectivity index is 1.45. The zero-order chi connectivity index (χ0) is 41.8. The number of rotatable bonds is 11. The van der Waals surface area contributed by atoms with Crippen molar-refractivity contribution < 1.29 is 33.4 Å². The van der Waals surface area contributed by atoms with E-state index in [2.05, 4.69) is 75.9 Å². The van der Waals surface area contributed by atoms with E-state index < -0.39 is 40.5 Å². The summed E-state index contributed by atoms with van der Waals surface area (Å²) in [5, 5.41) is 8.93. The molecule has 3 aromatic heterocycles. The van der Waals surface area contributed by atoms with Crippen LogP contribution in [0.2, 0.25) is 0 Å². The zero-order valence-electron chi connectivity index (χ0n) is 34.4. The summed E-state index contributed by atoms with van der Waals surface area (Å²) in [6, 6.07) is 9.61. The van der Waals surface area contributed by atoms with Gasteiger partial charge in [-0.3, -0.25) is 29.2 Å². The number of hydrogen-bond acceptors (Lipinski definition) is 11. The highest BCUT2D eigenvalue weighted by atomic mass is 32.1. The maximum Gasteiger partial charge on any atom is 0.324 e. The third-order valence-corrected chi connectivity index (χ3v) is 12.1. The van der Waals surface area contributed by atoms with Crippen LogP contribution in [0.15, 0.2) is 41.9 Å². The molecule has 3 amide bonds. The number of nitrogens with zero attached hydrogens (tertiary/aromatic N) is 4. The Bertz CT molecular complexity index is 2150. The molecule has 1 unspecified atom stereocenters. The Morgan fingerprint density at radius 3 is 2.71 bits per heavy atom. The predicted octanol–water partition coefficient (Wildman–Crippen LogP) is 4.63. The van der Waals surface area contributed by atoms with Crippen molar-refractivity contribution in [1.82, 2.24) is 35.6 Å². The fourth-order valence-corrected chi connectivity index (χ4v) is 9.14.